The van der Waals surface area contributed by atoms with E-state index in [2.05, 4.69) is 5.32 Å². The Morgan fingerprint density at radius 1 is 1.50 bits per heavy atom. The Morgan fingerprint density at radius 3 is 2.64 bits per heavy atom. The summed E-state index contributed by atoms with van der Waals surface area (Å²) < 4.78 is 5.02. The van der Waals surface area contributed by atoms with Gasteiger partial charge in [0.25, 0.3) is 0 Å². The zero-order valence-electron chi connectivity index (χ0n) is 8.63. The van der Waals surface area contributed by atoms with Gasteiger partial charge in [-0.05, 0) is 20.8 Å². The first-order chi connectivity index (χ1) is 6.38. The van der Waals surface area contributed by atoms with Gasteiger partial charge in [-0.15, -0.1) is 0 Å². The maximum Gasteiger partial charge on any atom is 0.226 e. The minimum atomic E-state index is -0.415. The second-order valence-corrected chi connectivity index (χ2v) is 4.20. The van der Waals surface area contributed by atoms with Gasteiger partial charge in [-0.3, -0.25) is 4.79 Å². The largest absolute Gasteiger partial charge is 0.502 e. The van der Waals surface area contributed by atoms with Gasteiger partial charge in [0, 0.05) is 11.6 Å². The van der Waals surface area contributed by atoms with Crippen LogP contribution in [-0.4, -0.2) is 10.6 Å². The first-order valence-electron chi connectivity index (χ1n) is 4.44. The van der Waals surface area contributed by atoms with Crippen LogP contribution in [0.3, 0.4) is 0 Å². The molecule has 0 aliphatic heterocycles. The molecule has 0 aliphatic carbocycles. The lowest BCUT2D eigenvalue weighted by molar-refractivity contribution is 0.369. The molecule has 78 valence electrons. The van der Waals surface area contributed by atoms with Crippen molar-refractivity contribution in [3.05, 3.63) is 28.3 Å². The van der Waals surface area contributed by atoms with Crippen LogP contribution in [0.25, 0.3) is 0 Å². The Balaban J connectivity index is 2.70. The minimum Gasteiger partial charge on any atom is -0.502 e. The van der Waals surface area contributed by atoms with Gasteiger partial charge in [0.2, 0.25) is 5.43 Å². The van der Waals surface area contributed by atoms with E-state index < -0.39 is 5.43 Å². The van der Waals surface area contributed by atoms with Crippen molar-refractivity contribution in [2.24, 2.45) is 0 Å². The van der Waals surface area contributed by atoms with Gasteiger partial charge in [-0.2, -0.15) is 0 Å². The molecule has 0 radical (unpaired) electrons. The number of aromatic hydroxyl groups is 1. The molecule has 1 aromatic heterocycles. The van der Waals surface area contributed by atoms with Crippen molar-refractivity contribution in [1.82, 2.24) is 5.32 Å². The van der Waals surface area contributed by atoms with E-state index in [0.29, 0.717) is 12.3 Å². The highest BCUT2D eigenvalue weighted by atomic mass is 16.4. The van der Waals surface area contributed by atoms with Gasteiger partial charge >= 0.3 is 0 Å². The maximum atomic E-state index is 11.0. The molecular formula is C10H15NO3. The number of nitrogens with one attached hydrogen (secondary N) is 1. The highest BCUT2D eigenvalue weighted by Gasteiger charge is 2.09. The Bertz CT molecular complexity index is 362. The van der Waals surface area contributed by atoms with Crippen molar-refractivity contribution in [2.75, 3.05) is 0 Å². The molecule has 0 bridgehead atoms. The molecule has 0 atom stereocenters. The molecule has 1 aromatic rings. The molecule has 0 saturated carbocycles. The summed E-state index contributed by atoms with van der Waals surface area (Å²) in [5, 5.41) is 12.1. The maximum absolute atomic E-state index is 11.0. The van der Waals surface area contributed by atoms with E-state index in [1.165, 1.54) is 6.07 Å². The molecule has 0 amide bonds. The van der Waals surface area contributed by atoms with Crippen LogP contribution in [0.5, 0.6) is 5.75 Å². The van der Waals surface area contributed by atoms with Crippen LogP contribution in [0.1, 0.15) is 26.5 Å². The third-order valence-corrected chi connectivity index (χ3v) is 1.66. The van der Waals surface area contributed by atoms with Crippen molar-refractivity contribution >= 4 is 0 Å². The van der Waals surface area contributed by atoms with Crippen molar-refractivity contribution in [1.29, 1.82) is 0 Å². The molecule has 0 aliphatic rings. The van der Waals surface area contributed by atoms with Gasteiger partial charge < -0.3 is 14.8 Å². The van der Waals surface area contributed by atoms with Gasteiger partial charge in [0.05, 0.1) is 6.54 Å². The van der Waals surface area contributed by atoms with Crippen LogP contribution >= 0.6 is 0 Å². The molecule has 2 N–H and O–H groups in total. The summed E-state index contributed by atoms with van der Waals surface area (Å²) in [6, 6.07) is 1.29. The van der Waals surface area contributed by atoms with Crippen LogP contribution in [0, 0.1) is 0 Å². The van der Waals surface area contributed by atoms with Crippen LogP contribution < -0.4 is 10.7 Å². The standard InChI is InChI=1S/C10H15NO3/c1-10(2,3)11-5-7-4-8(12)9(13)6-14-7/h4,6,11,13H,5H2,1-3H3. The molecule has 0 saturated heterocycles. The summed E-state index contributed by atoms with van der Waals surface area (Å²) in [7, 11) is 0. The third kappa shape index (κ3) is 3.22. The van der Waals surface area contributed by atoms with Crippen molar-refractivity contribution in [2.45, 2.75) is 32.9 Å². The zero-order chi connectivity index (χ0) is 10.8. The number of hydrogen-bond acceptors (Lipinski definition) is 4. The smallest absolute Gasteiger partial charge is 0.226 e. The molecule has 0 spiro atoms. The average molecular weight is 197 g/mol. The number of hydrogen-bond donors (Lipinski definition) is 2. The van der Waals surface area contributed by atoms with Gasteiger partial charge in [-0.1, -0.05) is 0 Å². The number of rotatable bonds is 2. The average Bonchev–Trinajstić information content (AvgIpc) is 2.06. The van der Waals surface area contributed by atoms with Gasteiger partial charge in [0.1, 0.15) is 12.0 Å². The van der Waals surface area contributed by atoms with E-state index in [1.54, 1.807) is 0 Å². The van der Waals surface area contributed by atoms with E-state index in [0.717, 1.165) is 6.26 Å². The fourth-order valence-electron chi connectivity index (χ4n) is 0.889. The Kier molecular flexibility index (Phi) is 2.96. The summed E-state index contributed by atoms with van der Waals surface area (Å²) in [5.74, 6) is 0.159. The van der Waals surface area contributed by atoms with Crippen LogP contribution in [0.15, 0.2) is 21.5 Å². The lowest BCUT2D eigenvalue weighted by atomic mass is 10.1. The van der Waals surface area contributed by atoms with Gasteiger partial charge in [0.15, 0.2) is 5.75 Å². The van der Waals surface area contributed by atoms with Crippen LogP contribution in [-0.2, 0) is 6.54 Å². The van der Waals surface area contributed by atoms with Crippen LogP contribution in [0.4, 0.5) is 0 Å². The highest BCUT2D eigenvalue weighted by molar-refractivity contribution is 5.15. The molecule has 0 aromatic carbocycles. The molecule has 4 nitrogen and oxygen atoms in total. The molecule has 0 fully saturated rings. The molecule has 0 unspecified atom stereocenters. The first kappa shape index (κ1) is 10.8. The molecule has 14 heavy (non-hydrogen) atoms. The van der Waals surface area contributed by atoms with Crippen LogP contribution in [0.2, 0.25) is 0 Å². The normalized spacial score (nSPS) is 11.6. The minimum absolute atomic E-state index is 0.0313. The second-order valence-electron chi connectivity index (χ2n) is 4.20. The quantitative estimate of drug-likeness (QED) is 0.748. The lowest BCUT2D eigenvalue weighted by Crippen LogP contribution is -2.35. The highest BCUT2D eigenvalue weighted by Crippen LogP contribution is 2.05. The van der Waals surface area contributed by atoms with E-state index in [9.17, 15) is 4.79 Å². The first-order valence-corrected chi connectivity index (χ1v) is 4.44. The predicted molar refractivity (Wildman–Crippen MR) is 53.2 cm³/mol. The SMILES string of the molecule is CC(C)(C)NCc1cc(=O)c(O)co1. The van der Waals surface area contributed by atoms with E-state index >= 15 is 0 Å². The topological polar surface area (TPSA) is 62.5 Å². The summed E-state index contributed by atoms with van der Waals surface area (Å²) in [6.07, 6.45) is 1.06. The third-order valence-electron chi connectivity index (χ3n) is 1.66. The molecule has 1 heterocycles. The summed E-state index contributed by atoms with van der Waals surface area (Å²) in [5.41, 5.74) is -0.446. The second kappa shape index (κ2) is 3.84. The Morgan fingerprint density at radius 2 is 2.14 bits per heavy atom. The summed E-state index contributed by atoms with van der Waals surface area (Å²) in [6.45, 7) is 6.53. The Labute approximate surface area is 82.6 Å². The summed E-state index contributed by atoms with van der Waals surface area (Å²) >= 11 is 0. The van der Waals surface area contributed by atoms with E-state index in [4.69, 9.17) is 9.52 Å². The Hall–Kier alpha value is -1.29. The fourth-order valence-corrected chi connectivity index (χ4v) is 0.889. The molecule has 1 rings (SSSR count). The van der Waals surface area contributed by atoms with Gasteiger partial charge in [-0.25, -0.2) is 0 Å². The fraction of sp³-hybridized carbons (Fsp3) is 0.500. The molecule has 4 heteroatoms. The van der Waals surface area contributed by atoms with Crippen molar-refractivity contribution in [3.63, 3.8) is 0 Å². The monoisotopic (exact) mass is 197 g/mol. The summed E-state index contributed by atoms with van der Waals surface area (Å²) in [4.78, 5) is 11.0. The predicted octanol–water partition coefficient (Wildman–Crippen LogP) is 1.23. The van der Waals surface area contributed by atoms with Crippen molar-refractivity contribution in [3.8, 4) is 5.75 Å². The molecular weight excluding hydrogens is 182 g/mol. The van der Waals surface area contributed by atoms with E-state index in [-0.39, 0.29) is 11.3 Å². The van der Waals surface area contributed by atoms with Crippen molar-refractivity contribution < 1.29 is 9.52 Å². The zero-order valence-corrected chi connectivity index (χ0v) is 8.63. The van der Waals surface area contributed by atoms with E-state index in [1.807, 2.05) is 20.8 Å². The lowest BCUT2D eigenvalue weighted by Gasteiger charge is -2.19.